The number of H-pyrrole nitrogens is 1. The Bertz CT molecular complexity index is 869. The van der Waals surface area contributed by atoms with Crippen molar-refractivity contribution in [3.63, 3.8) is 0 Å². The van der Waals surface area contributed by atoms with Crippen LogP contribution >= 0.6 is 12.2 Å². The Labute approximate surface area is 138 Å². The Hall–Kier alpha value is -2.80. The SMILES string of the molecule is CCOc1ccccc1C=Nn1c(-c2ccncc2)n[nH]c1=S. The fraction of sp³-hybridized carbons (Fsp3) is 0.125. The second-order valence-corrected chi connectivity index (χ2v) is 5.00. The van der Waals surface area contributed by atoms with Gasteiger partial charge in [-0.3, -0.25) is 4.98 Å². The van der Waals surface area contributed by atoms with Crippen LogP contribution in [0.25, 0.3) is 11.4 Å². The number of benzene rings is 1. The number of hydrogen-bond acceptors (Lipinski definition) is 5. The zero-order chi connectivity index (χ0) is 16.1. The quantitative estimate of drug-likeness (QED) is 0.577. The molecule has 0 spiro atoms. The molecule has 0 aliphatic heterocycles. The number of aromatic amines is 1. The number of pyridine rings is 1. The lowest BCUT2D eigenvalue weighted by atomic mass is 10.2. The molecule has 0 saturated heterocycles. The third kappa shape index (κ3) is 3.35. The van der Waals surface area contributed by atoms with Gasteiger partial charge in [0, 0.05) is 23.5 Å². The molecular weight excluding hydrogens is 310 g/mol. The molecule has 3 aromatic rings. The van der Waals surface area contributed by atoms with E-state index in [1.54, 1.807) is 23.3 Å². The second-order valence-electron chi connectivity index (χ2n) is 4.62. The smallest absolute Gasteiger partial charge is 0.216 e. The molecule has 3 rings (SSSR count). The maximum Gasteiger partial charge on any atom is 0.216 e. The Kier molecular flexibility index (Phi) is 4.58. The first kappa shape index (κ1) is 15.1. The van der Waals surface area contributed by atoms with Gasteiger partial charge < -0.3 is 4.74 Å². The first-order chi connectivity index (χ1) is 11.3. The van der Waals surface area contributed by atoms with Crippen LogP contribution in [-0.4, -0.2) is 32.7 Å². The standard InChI is InChI=1S/C16H15N5OS/c1-2-22-14-6-4-3-5-13(14)11-18-21-15(19-20-16(21)23)12-7-9-17-10-8-12/h3-11H,2H2,1H3,(H,20,23). The number of hydrogen-bond donors (Lipinski definition) is 1. The number of ether oxygens (including phenoxy) is 1. The highest BCUT2D eigenvalue weighted by molar-refractivity contribution is 7.71. The summed E-state index contributed by atoms with van der Waals surface area (Å²) in [4.78, 5) is 4.00. The van der Waals surface area contributed by atoms with Gasteiger partial charge >= 0.3 is 0 Å². The van der Waals surface area contributed by atoms with E-state index in [0.717, 1.165) is 16.9 Å². The van der Waals surface area contributed by atoms with Crippen molar-refractivity contribution in [1.82, 2.24) is 19.9 Å². The molecule has 0 unspecified atom stereocenters. The molecule has 0 saturated carbocycles. The van der Waals surface area contributed by atoms with Crippen LogP contribution in [0, 0.1) is 4.77 Å². The minimum Gasteiger partial charge on any atom is -0.493 e. The monoisotopic (exact) mass is 325 g/mol. The number of para-hydroxylation sites is 1. The predicted octanol–water partition coefficient (Wildman–Crippen LogP) is 3.28. The Morgan fingerprint density at radius 1 is 1.26 bits per heavy atom. The zero-order valence-corrected chi connectivity index (χ0v) is 13.3. The Balaban J connectivity index is 1.98. The number of aromatic nitrogens is 4. The first-order valence-corrected chi connectivity index (χ1v) is 7.54. The molecule has 116 valence electrons. The largest absolute Gasteiger partial charge is 0.493 e. The van der Waals surface area contributed by atoms with Gasteiger partial charge in [0.05, 0.1) is 12.8 Å². The van der Waals surface area contributed by atoms with Crippen LogP contribution in [0.15, 0.2) is 53.9 Å². The van der Waals surface area contributed by atoms with Crippen molar-refractivity contribution in [3.8, 4) is 17.1 Å². The molecule has 6 nitrogen and oxygen atoms in total. The highest BCUT2D eigenvalue weighted by Gasteiger charge is 2.08. The first-order valence-electron chi connectivity index (χ1n) is 7.13. The molecule has 0 fully saturated rings. The third-order valence-corrected chi connectivity index (χ3v) is 3.38. The Morgan fingerprint density at radius 2 is 2.04 bits per heavy atom. The van der Waals surface area contributed by atoms with E-state index in [1.807, 2.05) is 43.3 Å². The lowest BCUT2D eigenvalue weighted by molar-refractivity contribution is 0.340. The highest BCUT2D eigenvalue weighted by atomic mass is 32.1. The van der Waals surface area contributed by atoms with Gasteiger partial charge in [0.25, 0.3) is 0 Å². The third-order valence-electron chi connectivity index (χ3n) is 3.12. The molecule has 23 heavy (non-hydrogen) atoms. The fourth-order valence-electron chi connectivity index (χ4n) is 2.08. The van der Waals surface area contributed by atoms with Crippen LogP contribution < -0.4 is 4.74 Å². The molecule has 2 aromatic heterocycles. The number of nitrogens with one attached hydrogen (secondary N) is 1. The second kappa shape index (κ2) is 6.97. The van der Waals surface area contributed by atoms with Crippen LogP contribution in [0.1, 0.15) is 12.5 Å². The van der Waals surface area contributed by atoms with Gasteiger partial charge in [-0.1, -0.05) is 12.1 Å². The van der Waals surface area contributed by atoms with E-state index in [-0.39, 0.29) is 0 Å². The summed E-state index contributed by atoms with van der Waals surface area (Å²) in [5.74, 6) is 1.40. The van der Waals surface area contributed by atoms with Gasteiger partial charge in [0.1, 0.15) is 5.75 Å². The molecule has 1 N–H and O–H groups in total. The predicted molar refractivity (Wildman–Crippen MR) is 91.2 cm³/mol. The van der Waals surface area contributed by atoms with E-state index in [0.29, 0.717) is 17.2 Å². The molecule has 0 aliphatic rings. The summed E-state index contributed by atoms with van der Waals surface area (Å²) in [6.45, 7) is 2.54. The van der Waals surface area contributed by atoms with Crippen molar-refractivity contribution in [1.29, 1.82) is 0 Å². The fourth-order valence-corrected chi connectivity index (χ4v) is 2.26. The zero-order valence-electron chi connectivity index (χ0n) is 12.5. The molecule has 2 heterocycles. The van der Waals surface area contributed by atoms with Gasteiger partial charge in [0.2, 0.25) is 4.77 Å². The summed E-state index contributed by atoms with van der Waals surface area (Å²) in [5, 5.41) is 11.4. The topological polar surface area (TPSA) is 68.1 Å². The summed E-state index contributed by atoms with van der Waals surface area (Å²) >= 11 is 5.26. The van der Waals surface area contributed by atoms with Crippen molar-refractivity contribution in [2.24, 2.45) is 5.10 Å². The summed E-state index contributed by atoms with van der Waals surface area (Å²) < 4.78 is 7.59. The van der Waals surface area contributed by atoms with Crippen LogP contribution in [0.5, 0.6) is 5.75 Å². The molecule has 0 amide bonds. The lowest BCUT2D eigenvalue weighted by Crippen LogP contribution is -1.98. The van der Waals surface area contributed by atoms with Crippen LogP contribution in [0.4, 0.5) is 0 Å². The average Bonchev–Trinajstić information content (AvgIpc) is 2.96. The van der Waals surface area contributed by atoms with E-state index >= 15 is 0 Å². The summed E-state index contributed by atoms with van der Waals surface area (Å²) in [6, 6.07) is 11.4. The maximum absolute atomic E-state index is 5.59. The molecule has 1 aromatic carbocycles. The van der Waals surface area contributed by atoms with Crippen molar-refractivity contribution in [3.05, 3.63) is 59.1 Å². The van der Waals surface area contributed by atoms with Crippen molar-refractivity contribution < 1.29 is 4.74 Å². The van der Waals surface area contributed by atoms with Crippen molar-refractivity contribution >= 4 is 18.4 Å². The van der Waals surface area contributed by atoms with E-state index in [9.17, 15) is 0 Å². The van der Waals surface area contributed by atoms with E-state index < -0.39 is 0 Å². The van der Waals surface area contributed by atoms with Crippen LogP contribution in [0.2, 0.25) is 0 Å². The van der Waals surface area contributed by atoms with Gasteiger partial charge in [-0.2, -0.15) is 14.9 Å². The normalized spacial score (nSPS) is 11.0. The van der Waals surface area contributed by atoms with Crippen LogP contribution in [-0.2, 0) is 0 Å². The minimum absolute atomic E-state index is 0.418. The average molecular weight is 325 g/mol. The van der Waals surface area contributed by atoms with E-state index in [1.165, 1.54) is 0 Å². The molecule has 7 heteroatoms. The van der Waals surface area contributed by atoms with Gasteiger partial charge in [-0.05, 0) is 43.4 Å². The molecule has 0 radical (unpaired) electrons. The summed E-state index contributed by atoms with van der Waals surface area (Å²) in [6.07, 6.45) is 5.11. The van der Waals surface area contributed by atoms with Gasteiger partial charge in [-0.25, -0.2) is 5.10 Å². The summed E-state index contributed by atoms with van der Waals surface area (Å²) in [7, 11) is 0. The number of nitrogens with zero attached hydrogens (tertiary/aromatic N) is 4. The van der Waals surface area contributed by atoms with Crippen molar-refractivity contribution in [2.75, 3.05) is 6.61 Å². The Morgan fingerprint density at radius 3 is 2.83 bits per heavy atom. The molecule has 0 bridgehead atoms. The van der Waals surface area contributed by atoms with E-state index in [2.05, 4.69) is 20.3 Å². The summed E-state index contributed by atoms with van der Waals surface area (Å²) in [5.41, 5.74) is 1.75. The highest BCUT2D eigenvalue weighted by Crippen LogP contribution is 2.18. The van der Waals surface area contributed by atoms with Gasteiger partial charge in [0.15, 0.2) is 5.82 Å². The maximum atomic E-state index is 5.59. The number of rotatable bonds is 5. The van der Waals surface area contributed by atoms with E-state index in [4.69, 9.17) is 17.0 Å². The minimum atomic E-state index is 0.418. The van der Waals surface area contributed by atoms with Crippen LogP contribution in [0.3, 0.4) is 0 Å². The van der Waals surface area contributed by atoms with Gasteiger partial charge in [-0.15, -0.1) is 0 Å². The lowest BCUT2D eigenvalue weighted by Gasteiger charge is -2.06. The molecule has 0 aliphatic carbocycles. The molecular formula is C16H15N5OS. The molecule has 0 atom stereocenters. The van der Waals surface area contributed by atoms with Crippen molar-refractivity contribution in [2.45, 2.75) is 6.92 Å².